The van der Waals surface area contributed by atoms with Gasteiger partial charge in [-0.1, -0.05) is 11.6 Å². The SMILES string of the molecule is COC(=O)c1cc(C)[nH]c1Cl. The largest absolute Gasteiger partial charge is 0.465 e. The van der Waals surface area contributed by atoms with Gasteiger partial charge < -0.3 is 9.72 Å². The summed E-state index contributed by atoms with van der Waals surface area (Å²) in [6.07, 6.45) is 0. The molecule has 11 heavy (non-hydrogen) atoms. The lowest BCUT2D eigenvalue weighted by atomic mass is 10.3. The van der Waals surface area contributed by atoms with Crippen LogP contribution in [-0.4, -0.2) is 18.1 Å². The lowest BCUT2D eigenvalue weighted by Crippen LogP contribution is -1.99. The van der Waals surface area contributed by atoms with E-state index in [0.717, 1.165) is 5.69 Å². The lowest BCUT2D eigenvalue weighted by molar-refractivity contribution is 0.0601. The summed E-state index contributed by atoms with van der Waals surface area (Å²) < 4.78 is 4.49. The number of hydrogen-bond donors (Lipinski definition) is 1. The Bertz CT molecular complexity index is 280. The van der Waals surface area contributed by atoms with E-state index in [1.165, 1.54) is 7.11 Å². The number of hydrogen-bond acceptors (Lipinski definition) is 2. The summed E-state index contributed by atoms with van der Waals surface area (Å²) in [5, 5.41) is 0.328. The molecule has 1 heterocycles. The zero-order chi connectivity index (χ0) is 8.43. The summed E-state index contributed by atoms with van der Waals surface area (Å²) in [6.45, 7) is 1.82. The Morgan fingerprint density at radius 3 is 2.73 bits per heavy atom. The Morgan fingerprint density at radius 1 is 1.73 bits per heavy atom. The first kappa shape index (κ1) is 8.14. The number of H-pyrrole nitrogens is 1. The summed E-state index contributed by atoms with van der Waals surface area (Å²) in [5.74, 6) is -0.417. The van der Waals surface area contributed by atoms with Gasteiger partial charge in [-0.15, -0.1) is 0 Å². The Morgan fingerprint density at radius 2 is 2.36 bits per heavy atom. The fourth-order valence-electron chi connectivity index (χ4n) is 0.815. The van der Waals surface area contributed by atoms with E-state index >= 15 is 0 Å². The topological polar surface area (TPSA) is 42.1 Å². The maximum Gasteiger partial charge on any atom is 0.340 e. The van der Waals surface area contributed by atoms with Crippen LogP contribution in [0.3, 0.4) is 0 Å². The zero-order valence-corrected chi connectivity index (χ0v) is 7.03. The van der Waals surface area contributed by atoms with E-state index in [4.69, 9.17) is 11.6 Å². The van der Waals surface area contributed by atoms with Crippen molar-refractivity contribution < 1.29 is 9.53 Å². The van der Waals surface area contributed by atoms with Gasteiger partial charge in [-0.2, -0.15) is 0 Å². The molecular weight excluding hydrogens is 166 g/mol. The number of aromatic nitrogens is 1. The van der Waals surface area contributed by atoms with Gasteiger partial charge in [0.2, 0.25) is 0 Å². The Balaban J connectivity index is 3.03. The molecular formula is C7H8ClNO2. The minimum atomic E-state index is -0.417. The number of carbonyl (C=O) groups excluding carboxylic acids is 1. The van der Waals surface area contributed by atoms with Gasteiger partial charge in [0.1, 0.15) is 5.15 Å². The standard InChI is InChI=1S/C7H8ClNO2/c1-4-3-5(6(8)9-4)7(10)11-2/h3,9H,1-2H3. The highest BCUT2D eigenvalue weighted by molar-refractivity contribution is 6.32. The van der Waals surface area contributed by atoms with Gasteiger partial charge in [-0.05, 0) is 13.0 Å². The van der Waals surface area contributed by atoms with Gasteiger partial charge in [0.05, 0.1) is 12.7 Å². The van der Waals surface area contributed by atoms with E-state index in [9.17, 15) is 4.79 Å². The van der Waals surface area contributed by atoms with Crippen molar-refractivity contribution in [3.63, 3.8) is 0 Å². The number of aryl methyl sites for hydroxylation is 1. The Hall–Kier alpha value is -0.960. The minimum absolute atomic E-state index is 0.328. The van der Waals surface area contributed by atoms with E-state index < -0.39 is 5.97 Å². The van der Waals surface area contributed by atoms with E-state index in [-0.39, 0.29) is 0 Å². The first-order chi connectivity index (χ1) is 5.15. The van der Waals surface area contributed by atoms with Crippen LogP contribution >= 0.6 is 11.6 Å². The molecule has 0 aromatic carbocycles. The number of halogens is 1. The summed E-state index contributed by atoms with van der Waals surface area (Å²) in [4.78, 5) is 13.7. The lowest BCUT2D eigenvalue weighted by Gasteiger charge is -1.93. The van der Waals surface area contributed by atoms with E-state index in [0.29, 0.717) is 10.7 Å². The van der Waals surface area contributed by atoms with Gasteiger partial charge in [0.25, 0.3) is 0 Å². The molecule has 0 spiro atoms. The van der Waals surface area contributed by atoms with Crippen molar-refractivity contribution in [3.8, 4) is 0 Å². The van der Waals surface area contributed by atoms with Crippen molar-refractivity contribution >= 4 is 17.6 Å². The maximum absolute atomic E-state index is 10.9. The third-order valence-corrected chi connectivity index (χ3v) is 1.61. The van der Waals surface area contributed by atoms with Crippen molar-refractivity contribution in [2.75, 3.05) is 7.11 Å². The second-order valence-corrected chi connectivity index (χ2v) is 2.55. The van der Waals surface area contributed by atoms with Crippen molar-refractivity contribution in [1.29, 1.82) is 0 Å². The average molecular weight is 174 g/mol. The Kier molecular flexibility index (Phi) is 2.19. The summed E-state index contributed by atoms with van der Waals surface area (Å²) in [5.41, 5.74) is 1.22. The molecule has 0 saturated carbocycles. The third-order valence-electron chi connectivity index (χ3n) is 1.31. The molecule has 0 saturated heterocycles. The van der Waals surface area contributed by atoms with Crippen LogP contribution in [0.1, 0.15) is 16.1 Å². The molecule has 4 heteroatoms. The number of carbonyl (C=O) groups is 1. The van der Waals surface area contributed by atoms with Crippen molar-refractivity contribution in [2.45, 2.75) is 6.92 Å². The molecule has 0 amide bonds. The second kappa shape index (κ2) is 2.96. The van der Waals surface area contributed by atoms with Crippen LogP contribution in [0.5, 0.6) is 0 Å². The first-order valence-corrected chi connectivity index (χ1v) is 3.46. The molecule has 3 nitrogen and oxygen atoms in total. The fourth-order valence-corrected chi connectivity index (χ4v) is 1.10. The van der Waals surface area contributed by atoms with Crippen LogP contribution in [0.4, 0.5) is 0 Å². The van der Waals surface area contributed by atoms with E-state index in [1.54, 1.807) is 6.07 Å². The van der Waals surface area contributed by atoms with E-state index in [2.05, 4.69) is 9.72 Å². The predicted molar refractivity (Wildman–Crippen MR) is 41.9 cm³/mol. The van der Waals surface area contributed by atoms with Crippen LogP contribution in [0.25, 0.3) is 0 Å². The molecule has 0 aliphatic rings. The Labute approximate surface area is 69.3 Å². The third kappa shape index (κ3) is 1.54. The molecule has 0 aliphatic carbocycles. The van der Waals surface area contributed by atoms with Gasteiger partial charge in [0.15, 0.2) is 0 Å². The summed E-state index contributed by atoms with van der Waals surface area (Å²) in [7, 11) is 1.32. The van der Waals surface area contributed by atoms with Crippen molar-refractivity contribution in [2.24, 2.45) is 0 Å². The zero-order valence-electron chi connectivity index (χ0n) is 6.27. The van der Waals surface area contributed by atoms with Crippen LogP contribution in [-0.2, 0) is 4.74 Å². The minimum Gasteiger partial charge on any atom is -0.465 e. The normalized spacial score (nSPS) is 9.73. The van der Waals surface area contributed by atoms with Gasteiger partial charge in [0, 0.05) is 5.69 Å². The molecule has 1 aromatic heterocycles. The molecule has 0 fully saturated rings. The number of rotatable bonds is 1. The molecule has 1 aromatic rings. The molecule has 1 rings (SSSR count). The van der Waals surface area contributed by atoms with Gasteiger partial charge in [-0.3, -0.25) is 0 Å². The van der Waals surface area contributed by atoms with Crippen LogP contribution in [0.15, 0.2) is 6.07 Å². The highest BCUT2D eigenvalue weighted by Crippen LogP contribution is 2.16. The van der Waals surface area contributed by atoms with Crippen molar-refractivity contribution in [3.05, 3.63) is 22.5 Å². The number of aromatic amines is 1. The smallest absolute Gasteiger partial charge is 0.340 e. The maximum atomic E-state index is 10.9. The predicted octanol–water partition coefficient (Wildman–Crippen LogP) is 1.76. The molecule has 0 unspecified atom stereocenters. The number of methoxy groups -OCH3 is 1. The average Bonchev–Trinajstić information content (AvgIpc) is 2.28. The molecule has 0 atom stereocenters. The highest BCUT2D eigenvalue weighted by atomic mass is 35.5. The monoisotopic (exact) mass is 173 g/mol. The van der Waals surface area contributed by atoms with E-state index in [1.807, 2.05) is 6.92 Å². The number of ether oxygens (including phenoxy) is 1. The molecule has 0 bridgehead atoms. The fraction of sp³-hybridized carbons (Fsp3) is 0.286. The molecule has 1 N–H and O–H groups in total. The van der Waals surface area contributed by atoms with Crippen LogP contribution in [0, 0.1) is 6.92 Å². The highest BCUT2D eigenvalue weighted by Gasteiger charge is 2.12. The number of esters is 1. The van der Waals surface area contributed by atoms with Crippen molar-refractivity contribution in [1.82, 2.24) is 4.98 Å². The quantitative estimate of drug-likeness (QED) is 0.658. The first-order valence-electron chi connectivity index (χ1n) is 3.08. The molecule has 0 aliphatic heterocycles. The van der Waals surface area contributed by atoms with Crippen LogP contribution < -0.4 is 0 Å². The summed E-state index contributed by atoms with van der Waals surface area (Å²) in [6, 6.07) is 1.65. The molecule has 0 radical (unpaired) electrons. The van der Waals surface area contributed by atoms with Crippen LogP contribution in [0.2, 0.25) is 5.15 Å². The van der Waals surface area contributed by atoms with Gasteiger partial charge >= 0.3 is 5.97 Å². The van der Waals surface area contributed by atoms with Gasteiger partial charge in [-0.25, -0.2) is 4.79 Å². The molecule has 60 valence electrons. The second-order valence-electron chi connectivity index (χ2n) is 2.17. The number of nitrogens with one attached hydrogen (secondary N) is 1. The summed E-state index contributed by atoms with van der Waals surface area (Å²) >= 11 is 5.66.